The number of nitrogens with one attached hydrogen (secondary N) is 1. The Hall–Kier alpha value is -3.23. The Bertz CT molecular complexity index is 1210. The van der Waals surface area contributed by atoms with Crippen molar-refractivity contribution in [1.29, 1.82) is 0 Å². The molecule has 4 aromatic carbocycles. The summed E-state index contributed by atoms with van der Waals surface area (Å²) in [6, 6.07) is 41.1. The SMILES string of the molecule is c1ccc(S[C@@H](c2ccccc2)[C@H](c2ccccc2)c2c[nH]c3ccccc23)cc1. The third kappa shape index (κ3) is 3.79. The minimum atomic E-state index is 0.218. The summed E-state index contributed by atoms with van der Waals surface area (Å²) >= 11 is 1.94. The van der Waals surface area contributed by atoms with Gasteiger partial charge < -0.3 is 4.98 Å². The number of benzene rings is 4. The molecule has 0 spiro atoms. The second-order valence-electron chi connectivity index (χ2n) is 7.44. The molecule has 0 bridgehead atoms. The van der Waals surface area contributed by atoms with Crippen LogP contribution in [0.2, 0.25) is 0 Å². The lowest BCUT2D eigenvalue weighted by Crippen LogP contribution is -2.10. The molecule has 0 radical (unpaired) electrons. The van der Waals surface area contributed by atoms with Gasteiger partial charge in [0.15, 0.2) is 0 Å². The zero-order valence-corrected chi connectivity index (χ0v) is 17.4. The predicted octanol–water partition coefficient (Wildman–Crippen LogP) is 7.83. The summed E-state index contributed by atoms with van der Waals surface area (Å²) in [5.74, 6) is 0.218. The van der Waals surface area contributed by atoms with Crippen LogP contribution in [-0.4, -0.2) is 4.98 Å². The van der Waals surface area contributed by atoms with E-state index in [1.165, 1.54) is 32.5 Å². The van der Waals surface area contributed by atoms with Crippen molar-refractivity contribution in [2.45, 2.75) is 16.1 Å². The van der Waals surface area contributed by atoms with Gasteiger partial charge in [-0.1, -0.05) is 97.1 Å². The molecule has 0 aliphatic rings. The van der Waals surface area contributed by atoms with Crippen molar-refractivity contribution in [2.75, 3.05) is 0 Å². The number of aromatic amines is 1. The van der Waals surface area contributed by atoms with E-state index in [-0.39, 0.29) is 11.2 Å². The fourth-order valence-corrected chi connectivity index (χ4v) is 5.49. The molecule has 0 fully saturated rings. The van der Waals surface area contributed by atoms with Crippen molar-refractivity contribution in [1.82, 2.24) is 4.98 Å². The number of hydrogen-bond donors (Lipinski definition) is 1. The molecule has 2 heteroatoms. The molecule has 0 saturated carbocycles. The molecule has 1 heterocycles. The van der Waals surface area contributed by atoms with Crippen LogP contribution in [0.3, 0.4) is 0 Å². The highest BCUT2D eigenvalue weighted by Crippen LogP contribution is 2.49. The lowest BCUT2D eigenvalue weighted by atomic mass is 9.85. The second-order valence-corrected chi connectivity index (χ2v) is 8.66. The number of para-hydroxylation sites is 1. The number of fused-ring (bicyclic) bond motifs is 1. The number of aromatic nitrogens is 1. The molecule has 146 valence electrons. The Labute approximate surface area is 181 Å². The zero-order valence-electron chi connectivity index (χ0n) is 16.6. The quantitative estimate of drug-likeness (QED) is 0.285. The molecular weight excluding hydrogens is 382 g/mol. The van der Waals surface area contributed by atoms with Gasteiger partial charge in [-0.3, -0.25) is 0 Å². The molecule has 0 amide bonds. The van der Waals surface area contributed by atoms with Crippen molar-refractivity contribution in [2.24, 2.45) is 0 Å². The van der Waals surface area contributed by atoms with E-state index in [1.54, 1.807) is 0 Å². The second kappa shape index (κ2) is 8.64. The number of hydrogen-bond acceptors (Lipinski definition) is 1. The average molecular weight is 406 g/mol. The molecule has 1 aromatic heterocycles. The van der Waals surface area contributed by atoms with Crippen LogP contribution in [0, 0.1) is 0 Å². The van der Waals surface area contributed by atoms with E-state index in [0.717, 1.165) is 0 Å². The van der Waals surface area contributed by atoms with Crippen molar-refractivity contribution in [3.8, 4) is 0 Å². The van der Waals surface area contributed by atoms with Gasteiger partial charge in [0.05, 0.1) is 0 Å². The number of H-pyrrole nitrogens is 1. The maximum Gasteiger partial charge on any atom is 0.0457 e. The van der Waals surface area contributed by atoms with Gasteiger partial charge in [-0.05, 0) is 34.9 Å². The van der Waals surface area contributed by atoms with Crippen LogP contribution < -0.4 is 0 Å². The van der Waals surface area contributed by atoms with Crippen LogP contribution in [-0.2, 0) is 0 Å². The highest BCUT2D eigenvalue weighted by molar-refractivity contribution is 7.99. The van der Waals surface area contributed by atoms with E-state index in [4.69, 9.17) is 0 Å². The van der Waals surface area contributed by atoms with Gasteiger partial charge in [-0.15, -0.1) is 11.8 Å². The van der Waals surface area contributed by atoms with Crippen LogP contribution in [0.25, 0.3) is 10.9 Å². The smallest absolute Gasteiger partial charge is 0.0457 e. The molecule has 1 N–H and O–H groups in total. The monoisotopic (exact) mass is 405 g/mol. The summed E-state index contributed by atoms with van der Waals surface area (Å²) in [5, 5.41) is 1.54. The van der Waals surface area contributed by atoms with Crippen LogP contribution in [0.5, 0.6) is 0 Å². The van der Waals surface area contributed by atoms with E-state index >= 15 is 0 Å². The minimum absolute atomic E-state index is 0.218. The van der Waals surface area contributed by atoms with E-state index in [9.17, 15) is 0 Å². The summed E-state index contributed by atoms with van der Waals surface area (Å²) in [5.41, 5.74) is 5.20. The molecule has 5 rings (SSSR count). The molecule has 2 atom stereocenters. The Morgan fingerprint density at radius 3 is 1.83 bits per heavy atom. The van der Waals surface area contributed by atoms with Gasteiger partial charge in [0.1, 0.15) is 0 Å². The Balaban J connectivity index is 1.70. The molecule has 0 unspecified atom stereocenters. The largest absolute Gasteiger partial charge is 0.361 e. The van der Waals surface area contributed by atoms with Gasteiger partial charge in [0, 0.05) is 33.2 Å². The Morgan fingerprint density at radius 1 is 0.567 bits per heavy atom. The molecule has 0 saturated heterocycles. The van der Waals surface area contributed by atoms with Gasteiger partial charge in [-0.2, -0.15) is 0 Å². The van der Waals surface area contributed by atoms with Gasteiger partial charge in [0.25, 0.3) is 0 Å². The lowest BCUT2D eigenvalue weighted by molar-refractivity contribution is 0.791. The Morgan fingerprint density at radius 2 is 1.13 bits per heavy atom. The van der Waals surface area contributed by atoms with E-state index in [0.29, 0.717) is 0 Å². The third-order valence-electron chi connectivity index (χ3n) is 5.55. The summed E-state index contributed by atoms with van der Waals surface area (Å²) < 4.78 is 0. The normalized spacial score (nSPS) is 13.2. The van der Waals surface area contributed by atoms with Gasteiger partial charge >= 0.3 is 0 Å². The van der Waals surface area contributed by atoms with E-state index < -0.39 is 0 Å². The fourth-order valence-electron chi connectivity index (χ4n) is 4.15. The zero-order chi connectivity index (χ0) is 20.2. The predicted molar refractivity (Wildman–Crippen MR) is 128 cm³/mol. The first-order valence-electron chi connectivity index (χ1n) is 10.3. The summed E-state index contributed by atoms with van der Waals surface area (Å²) in [6.07, 6.45) is 2.20. The maximum absolute atomic E-state index is 3.50. The third-order valence-corrected chi connectivity index (χ3v) is 6.89. The highest BCUT2D eigenvalue weighted by atomic mass is 32.2. The van der Waals surface area contributed by atoms with Crippen LogP contribution >= 0.6 is 11.8 Å². The van der Waals surface area contributed by atoms with Crippen molar-refractivity contribution < 1.29 is 0 Å². The van der Waals surface area contributed by atoms with Crippen molar-refractivity contribution >= 4 is 22.7 Å². The summed E-state index contributed by atoms with van der Waals surface area (Å²) in [7, 11) is 0. The van der Waals surface area contributed by atoms with Crippen LogP contribution in [0.15, 0.2) is 126 Å². The summed E-state index contributed by atoms with van der Waals surface area (Å²) in [4.78, 5) is 4.78. The lowest BCUT2D eigenvalue weighted by Gasteiger charge is -2.28. The van der Waals surface area contributed by atoms with Gasteiger partial charge in [0.2, 0.25) is 0 Å². The minimum Gasteiger partial charge on any atom is -0.361 e. The average Bonchev–Trinajstić information content (AvgIpc) is 3.25. The van der Waals surface area contributed by atoms with Crippen molar-refractivity contribution in [3.63, 3.8) is 0 Å². The summed E-state index contributed by atoms with van der Waals surface area (Å²) in [6.45, 7) is 0. The van der Waals surface area contributed by atoms with E-state index in [2.05, 4.69) is 126 Å². The fraction of sp³-hybridized carbons (Fsp3) is 0.0714. The number of thioether (sulfide) groups is 1. The van der Waals surface area contributed by atoms with Crippen LogP contribution in [0.1, 0.15) is 27.9 Å². The van der Waals surface area contributed by atoms with Gasteiger partial charge in [-0.25, -0.2) is 0 Å². The molecule has 5 aromatic rings. The first kappa shape index (κ1) is 18.8. The first-order valence-corrected chi connectivity index (χ1v) is 11.2. The topological polar surface area (TPSA) is 15.8 Å². The first-order chi connectivity index (χ1) is 14.9. The van der Waals surface area contributed by atoms with Crippen LogP contribution in [0.4, 0.5) is 0 Å². The van der Waals surface area contributed by atoms with Crippen molar-refractivity contribution in [3.05, 3.63) is 138 Å². The van der Waals surface area contributed by atoms with E-state index in [1.807, 2.05) is 11.8 Å². The number of rotatable bonds is 6. The highest BCUT2D eigenvalue weighted by Gasteiger charge is 2.29. The Kier molecular flexibility index (Phi) is 5.41. The molecule has 1 nitrogen and oxygen atoms in total. The standard InChI is InChI=1S/C28H23NS/c1-4-12-21(13-5-1)27(25-20-29-26-19-11-10-18-24(25)26)28(22-14-6-2-7-15-22)30-23-16-8-3-9-17-23/h1-20,27-29H/t27-,28+/m1/s1. The maximum atomic E-state index is 3.50. The molecule has 0 aliphatic carbocycles. The molecule has 0 aliphatic heterocycles. The molecular formula is C28H23NS. The molecule has 30 heavy (non-hydrogen) atoms.